The molecular formula is C36H53N2O5PS. The van der Waals surface area contributed by atoms with Crippen LogP contribution < -0.4 is 5.32 Å². The van der Waals surface area contributed by atoms with Crippen molar-refractivity contribution in [2.75, 3.05) is 19.5 Å². The molecule has 3 atom stereocenters. The first-order valence-electron chi connectivity index (χ1n) is 15.7. The average molecular weight is 657 g/mol. The Morgan fingerprint density at radius 2 is 1.67 bits per heavy atom. The molecule has 1 aromatic heterocycles. The summed E-state index contributed by atoms with van der Waals surface area (Å²) < 4.78 is 11.0. The Balaban J connectivity index is 2.08. The lowest BCUT2D eigenvalue weighted by Crippen LogP contribution is -2.46. The number of hydrogen-bond acceptors (Lipinski definition) is 6. The van der Waals surface area contributed by atoms with Crippen LogP contribution in [0.25, 0.3) is 10.9 Å². The Bertz CT molecular complexity index is 1350. The number of aromatic amines is 1. The number of methoxy groups -OCH3 is 1. The number of ether oxygens (including phenoxy) is 1. The second-order valence-corrected chi connectivity index (χ2v) is 15.0. The van der Waals surface area contributed by atoms with Gasteiger partial charge in [0.2, 0.25) is 5.91 Å². The smallest absolute Gasteiger partial charge is 0.328 e. The van der Waals surface area contributed by atoms with E-state index in [0.717, 1.165) is 42.1 Å². The number of nitrogens with one attached hydrogen (secondary N) is 2. The maximum absolute atomic E-state index is 13.6. The first kappa shape index (κ1) is 38.5. The van der Waals surface area contributed by atoms with E-state index in [1.807, 2.05) is 51.2 Å². The zero-order chi connectivity index (χ0) is 33.4. The molecule has 2 rings (SSSR count). The Labute approximate surface area is 276 Å². The number of thioether (sulfide) groups is 1. The monoisotopic (exact) mass is 656 g/mol. The fourth-order valence-electron chi connectivity index (χ4n) is 4.55. The summed E-state index contributed by atoms with van der Waals surface area (Å²) in [6.07, 6.45) is 13.3. The van der Waals surface area contributed by atoms with Crippen LogP contribution in [0.5, 0.6) is 0 Å². The number of H-pyrrole nitrogens is 1. The van der Waals surface area contributed by atoms with Crippen molar-refractivity contribution in [3.63, 3.8) is 0 Å². The number of aromatic nitrogens is 1. The van der Waals surface area contributed by atoms with Gasteiger partial charge in [-0.25, -0.2) is 4.79 Å². The zero-order valence-electron chi connectivity index (χ0n) is 28.4. The minimum absolute atomic E-state index is 0.113. The molecule has 0 radical (unpaired) electrons. The molecule has 0 spiro atoms. The molecule has 1 amide bonds. The summed E-state index contributed by atoms with van der Waals surface area (Å²) in [5, 5.41) is 4.07. The molecule has 0 bridgehead atoms. The van der Waals surface area contributed by atoms with Crippen molar-refractivity contribution in [1.82, 2.24) is 10.3 Å². The predicted molar refractivity (Wildman–Crippen MR) is 191 cm³/mol. The van der Waals surface area contributed by atoms with Crippen LogP contribution in [0.1, 0.15) is 86.1 Å². The highest BCUT2D eigenvalue weighted by Crippen LogP contribution is 2.28. The number of esters is 1. The van der Waals surface area contributed by atoms with Crippen LogP contribution in [-0.4, -0.2) is 53.1 Å². The standard InChI is InChI=1S/C36H53N2O5PS/c1-25(2)13-11-14-26(3)15-12-16-27(4)19-20-32(44-43-21-22-45-35(41)36(5,6)7)33(39)38-31(34(40)42-8)23-28-24-37-30-18-10-9-17-29(28)30/h9-10,13,15,17-19,24,31-32,37,44H,11-12,14,16,20-23H2,1-8H3,(H,38,39)/b26-15+,27-19+/t31-,32?/m0/s1. The molecule has 1 heterocycles. The van der Waals surface area contributed by atoms with E-state index in [4.69, 9.17) is 9.26 Å². The number of rotatable bonds is 18. The van der Waals surface area contributed by atoms with Crippen LogP contribution in [-0.2, 0) is 30.1 Å². The van der Waals surface area contributed by atoms with Gasteiger partial charge in [-0.15, -0.1) is 0 Å². The summed E-state index contributed by atoms with van der Waals surface area (Å²) in [6, 6.07) is 7.03. The highest BCUT2D eigenvalue weighted by atomic mass is 32.2. The molecule has 9 heteroatoms. The van der Waals surface area contributed by atoms with Crippen molar-refractivity contribution in [2.45, 2.75) is 98.7 Å². The van der Waals surface area contributed by atoms with E-state index in [-0.39, 0.29) is 19.8 Å². The number of benzene rings is 1. The molecule has 0 saturated heterocycles. The Hall–Kier alpha value is -2.67. The quantitative estimate of drug-likeness (QED) is 0.0723. The zero-order valence-corrected chi connectivity index (χ0v) is 30.2. The topological polar surface area (TPSA) is 97.5 Å². The third kappa shape index (κ3) is 14.5. The van der Waals surface area contributed by atoms with Crippen LogP contribution in [0.2, 0.25) is 0 Å². The minimum atomic E-state index is -0.835. The second-order valence-electron chi connectivity index (χ2n) is 12.7. The maximum Gasteiger partial charge on any atom is 0.328 e. The fraction of sp³-hybridized carbons (Fsp3) is 0.528. The summed E-state index contributed by atoms with van der Waals surface area (Å²) in [4.78, 5) is 41.9. The molecule has 2 N–H and O–H groups in total. The molecule has 7 nitrogen and oxygen atoms in total. The number of carbonyl (C=O) groups excluding carboxylic acids is 3. The lowest BCUT2D eigenvalue weighted by atomic mass is 10.00. The van der Waals surface area contributed by atoms with Gasteiger partial charge in [0, 0.05) is 43.5 Å². The van der Waals surface area contributed by atoms with Gasteiger partial charge in [0.05, 0.1) is 19.4 Å². The van der Waals surface area contributed by atoms with Crippen molar-refractivity contribution >= 4 is 48.5 Å². The SMILES string of the molecule is COC(=O)[C@H](Cc1c[nH]c2ccccc12)NC(=O)C(C/C=C(\C)CC/C=C(\C)CCC=C(C)C)POCCSC(=O)C(C)(C)C. The van der Waals surface area contributed by atoms with Crippen LogP contribution in [0.15, 0.2) is 65.4 Å². The van der Waals surface area contributed by atoms with Crippen LogP contribution in [0, 0.1) is 5.41 Å². The number of para-hydroxylation sites is 1. The van der Waals surface area contributed by atoms with E-state index in [1.165, 1.54) is 35.6 Å². The van der Waals surface area contributed by atoms with Crippen LogP contribution in [0.3, 0.4) is 0 Å². The van der Waals surface area contributed by atoms with Gasteiger partial charge < -0.3 is 19.6 Å². The van der Waals surface area contributed by atoms with Gasteiger partial charge in [-0.2, -0.15) is 0 Å². The summed E-state index contributed by atoms with van der Waals surface area (Å²) in [7, 11) is 1.22. The normalized spacial score (nSPS) is 14.0. The Kier molecular flexibility index (Phi) is 16.9. The fourth-order valence-corrected chi connectivity index (χ4v) is 6.31. The average Bonchev–Trinajstić information content (AvgIpc) is 3.39. The third-order valence-corrected chi connectivity index (χ3v) is 9.70. The summed E-state index contributed by atoms with van der Waals surface area (Å²) in [5.74, 6) is -0.218. The third-order valence-electron chi connectivity index (χ3n) is 7.30. The van der Waals surface area contributed by atoms with Gasteiger partial charge in [0.15, 0.2) is 5.12 Å². The van der Waals surface area contributed by atoms with Crippen LogP contribution in [0.4, 0.5) is 0 Å². The largest absolute Gasteiger partial charge is 0.467 e. The first-order chi connectivity index (χ1) is 21.3. The number of allylic oxidation sites excluding steroid dienone is 6. The molecule has 248 valence electrons. The molecule has 45 heavy (non-hydrogen) atoms. The molecule has 0 saturated carbocycles. The molecule has 0 aliphatic heterocycles. The van der Waals surface area contributed by atoms with Crippen LogP contribution >= 0.6 is 20.6 Å². The van der Waals surface area contributed by atoms with E-state index < -0.39 is 23.1 Å². The van der Waals surface area contributed by atoms with E-state index in [0.29, 0.717) is 25.2 Å². The first-order valence-corrected chi connectivity index (χ1v) is 17.7. The van der Waals surface area contributed by atoms with Crippen molar-refractivity contribution < 1.29 is 23.6 Å². The molecule has 0 aliphatic rings. The lowest BCUT2D eigenvalue weighted by Gasteiger charge is -2.21. The summed E-state index contributed by atoms with van der Waals surface area (Å²) >= 11 is 1.25. The number of fused-ring (bicyclic) bond motifs is 1. The lowest BCUT2D eigenvalue weighted by molar-refractivity contribution is -0.145. The molecular weight excluding hydrogens is 603 g/mol. The second kappa shape index (κ2) is 19.8. The van der Waals surface area contributed by atoms with Crippen molar-refractivity contribution in [1.29, 1.82) is 0 Å². The van der Waals surface area contributed by atoms with Gasteiger partial charge in [-0.1, -0.05) is 85.7 Å². The van der Waals surface area contributed by atoms with E-state index >= 15 is 0 Å². The minimum Gasteiger partial charge on any atom is -0.467 e. The van der Waals surface area contributed by atoms with Gasteiger partial charge in [0.1, 0.15) is 6.04 Å². The molecule has 0 aliphatic carbocycles. The number of hydrogen-bond donors (Lipinski definition) is 2. The molecule has 2 unspecified atom stereocenters. The summed E-state index contributed by atoms with van der Waals surface area (Å²) in [5.41, 5.74) is 4.95. The number of carbonyl (C=O) groups is 3. The van der Waals surface area contributed by atoms with Gasteiger partial charge in [-0.3, -0.25) is 9.59 Å². The Morgan fingerprint density at radius 3 is 2.33 bits per heavy atom. The van der Waals surface area contributed by atoms with E-state index in [1.54, 1.807) is 0 Å². The highest BCUT2D eigenvalue weighted by molar-refractivity contribution is 8.13. The summed E-state index contributed by atoms with van der Waals surface area (Å²) in [6.45, 7) is 14.6. The van der Waals surface area contributed by atoms with Gasteiger partial charge in [0.25, 0.3) is 0 Å². The Morgan fingerprint density at radius 1 is 1.00 bits per heavy atom. The predicted octanol–water partition coefficient (Wildman–Crippen LogP) is 8.46. The molecule has 1 aromatic carbocycles. The highest BCUT2D eigenvalue weighted by Gasteiger charge is 2.27. The van der Waals surface area contributed by atoms with Gasteiger partial charge in [-0.05, 0) is 71.4 Å². The molecule has 0 fully saturated rings. The maximum atomic E-state index is 13.6. The van der Waals surface area contributed by atoms with Crippen molar-refractivity contribution in [3.8, 4) is 0 Å². The van der Waals surface area contributed by atoms with E-state index in [2.05, 4.69) is 56.2 Å². The molecule has 2 aromatic rings. The van der Waals surface area contributed by atoms with E-state index in [9.17, 15) is 14.4 Å². The van der Waals surface area contributed by atoms with Crippen molar-refractivity contribution in [2.24, 2.45) is 5.41 Å². The van der Waals surface area contributed by atoms with Gasteiger partial charge >= 0.3 is 5.97 Å². The van der Waals surface area contributed by atoms with Crippen molar-refractivity contribution in [3.05, 3.63) is 71.0 Å². The number of amides is 1.